The predicted octanol–water partition coefficient (Wildman–Crippen LogP) is 3.76. The highest BCUT2D eigenvalue weighted by Gasteiger charge is 2.35. The topological polar surface area (TPSA) is 96.0 Å². The number of nitrogens with one attached hydrogen (secondary N) is 1. The van der Waals surface area contributed by atoms with Gasteiger partial charge in [0.05, 0.1) is 18.0 Å². The van der Waals surface area contributed by atoms with Crippen LogP contribution >= 0.6 is 0 Å². The lowest BCUT2D eigenvalue weighted by Gasteiger charge is -2.11. The highest BCUT2D eigenvalue weighted by atomic mass is 32.2. The number of aromatic nitrogens is 1. The number of aliphatic imine (C=N–C) groups is 2. The number of aliphatic hydroxyl groups excluding tert-OH is 1. The van der Waals surface area contributed by atoms with Crippen LogP contribution < -0.4 is 5.32 Å². The van der Waals surface area contributed by atoms with Crippen LogP contribution in [0.25, 0.3) is 10.9 Å². The Kier molecular flexibility index (Phi) is 10.9. The van der Waals surface area contributed by atoms with E-state index in [2.05, 4.69) is 35.9 Å². The molecule has 0 unspecified atom stereocenters. The highest BCUT2D eigenvalue weighted by molar-refractivity contribution is 7.90. The van der Waals surface area contributed by atoms with Gasteiger partial charge in [0, 0.05) is 42.3 Å². The third-order valence-corrected chi connectivity index (χ3v) is 5.46. The second kappa shape index (κ2) is 12.7. The average molecular weight is 489 g/mol. The zero-order chi connectivity index (χ0) is 25.2. The van der Waals surface area contributed by atoms with E-state index in [1.165, 1.54) is 12.5 Å². The fraction of sp³-hybridized carbons (Fsp3) is 0.455. The van der Waals surface area contributed by atoms with E-state index < -0.39 is 33.9 Å². The first kappa shape index (κ1) is 28.5. The average Bonchev–Trinajstić information content (AvgIpc) is 3.06. The number of hydrogen-bond acceptors (Lipinski definition) is 6. The number of nitrogens with zero attached hydrogens (tertiary/aromatic N) is 3. The van der Waals surface area contributed by atoms with E-state index in [1.54, 1.807) is 19.2 Å². The van der Waals surface area contributed by atoms with Gasteiger partial charge in [0.2, 0.25) is 0 Å². The third kappa shape index (κ3) is 8.09. The van der Waals surface area contributed by atoms with E-state index in [0.29, 0.717) is 18.6 Å². The smallest absolute Gasteiger partial charge is 0.392 e. The molecule has 0 saturated carbocycles. The van der Waals surface area contributed by atoms with Crippen molar-refractivity contribution in [2.45, 2.75) is 44.4 Å². The molecule has 0 bridgehead atoms. The number of halogens is 3. The molecule has 0 saturated heterocycles. The summed E-state index contributed by atoms with van der Waals surface area (Å²) >= 11 is 0. The van der Waals surface area contributed by atoms with Gasteiger partial charge in [-0.15, -0.1) is 0 Å². The van der Waals surface area contributed by atoms with Crippen molar-refractivity contribution in [2.75, 3.05) is 26.5 Å². The molecule has 1 heterocycles. The van der Waals surface area contributed by atoms with Crippen molar-refractivity contribution < 1.29 is 26.7 Å². The standard InChI is InChI=1S/C19H23F3N4O3S.C3H8/c1-23-11-15-8-13-4-5-16(30(3,28)29)9-17(13)26(15)7-6-25-10-14(12-27)18(24-2)19(20,21)22;1-3-2/h4-5,8-10,23,27H,2,6-7,11-12H2,1,3H3;3H2,1-2H3/b18-14+,25-10?;. The lowest BCUT2D eigenvalue weighted by Crippen LogP contribution is -2.15. The van der Waals surface area contributed by atoms with Crippen molar-refractivity contribution in [1.82, 2.24) is 9.88 Å². The number of fused-ring (bicyclic) bond motifs is 1. The zero-order valence-electron chi connectivity index (χ0n) is 19.3. The summed E-state index contributed by atoms with van der Waals surface area (Å²) in [6, 6.07) is 6.71. The van der Waals surface area contributed by atoms with E-state index >= 15 is 0 Å². The molecule has 0 amide bonds. The quantitative estimate of drug-likeness (QED) is 0.526. The molecule has 11 heteroatoms. The number of hydrogen-bond donors (Lipinski definition) is 2. The number of benzene rings is 1. The maximum atomic E-state index is 12.9. The fourth-order valence-corrected chi connectivity index (χ4v) is 3.64. The van der Waals surface area contributed by atoms with Gasteiger partial charge in [0.25, 0.3) is 0 Å². The number of sulfone groups is 1. The Balaban J connectivity index is 0.00000172. The number of aliphatic hydroxyl groups is 1. The molecule has 1 aromatic carbocycles. The molecule has 0 aliphatic rings. The Morgan fingerprint density at radius 3 is 2.39 bits per heavy atom. The summed E-state index contributed by atoms with van der Waals surface area (Å²) in [5, 5.41) is 13.1. The van der Waals surface area contributed by atoms with Gasteiger partial charge in [-0.25, -0.2) is 8.42 Å². The van der Waals surface area contributed by atoms with Gasteiger partial charge in [-0.2, -0.15) is 13.2 Å². The summed E-state index contributed by atoms with van der Waals surface area (Å²) in [7, 11) is -1.63. The van der Waals surface area contributed by atoms with Crippen LogP contribution in [0.2, 0.25) is 0 Å². The molecule has 184 valence electrons. The van der Waals surface area contributed by atoms with Gasteiger partial charge in [-0.1, -0.05) is 26.3 Å². The van der Waals surface area contributed by atoms with Crippen LogP contribution in [-0.4, -0.2) is 63.7 Å². The minimum atomic E-state index is -4.75. The summed E-state index contributed by atoms with van der Waals surface area (Å²) in [5.74, 6) is 0. The Labute approximate surface area is 192 Å². The van der Waals surface area contributed by atoms with Crippen LogP contribution in [0.3, 0.4) is 0 Å². The van der Waals surface area contributed by atoms with Crippen molar-refractivity contribution in [3.63, 3.8) is 0 Å². The number of rotatable bonds is 9. The second-order valence-corrected chi connectivity index (χ2v) is 9.26. The molecule has 2 rings (SSSR count). The first-order valence-corrected chi connectivity index (χ1v) is 12.2. The molecule has 1 aromatic heterocycles. The Morgan fingerprint density at radius 2 is 1.91 bits per heavy atom. The van der Waals surface area contributed by atoms with Crippen LogP contribution in [-0.2, 0) is 22.9 Å². The van der Waals surface area contributed by atoms with Gasteiger partial charge >= 0.3 is 6.18 Å². The van der Waals surface area contributed by atoms with Crippen molar-refractivity contribution >= 4 is 33.7 Å². The molecule has 0 aliphatic heterocycles. The van der Waals surface area contributed by atoms with Crippen LogP contribution in [0.4, 0.5) is 13.2 Å². The number of alkyl halides is 3. The molecule has 2 aromatic rings. The lowest BCUT2D eigenvalue weighted by molar-refractivity contribution is -0.0930. The van der Waals surface area contributed by atoms with Gasteiger partial charge < -0.3 is 15.0 Å². The molecular formula is C22H31F3N4O3S. The fourth-order valence-electron chi connectivity index (χ4n) is 3.00. The first-order valence-electron chi connectivity index (χ1n) is 10.3. The SMILES string of the molecule is C=N/C(=C(\C=NCCn1c(CNC)cc2ccc(S(C)(=O)=O)cc21)CO)C(F)(F)F.CCC. The van der Waals surface area contributed by atoms with Crippen LogP contribution in [0.15, 0.2) is 50.4 Å². The molecule has 2 N–H and O–H groups in total. The lowest BCUT2D eigenvalue weighted by atomic mass is 10.2. The van der Waals surface area contributed by atoms with E-state index in [-0.39, 0.29) is 11.4 Å². The minimum absolute atomic E-state index is 0.107. The van der Waals surface area contributed by atoms with Crippen LogP contribution in [0, 0.1) is 0 Å². The largest absolute Gasteiger partial charge is 0.433 e. The van der Waals surface area contributed by atoms with Crippen LogP contribution in [0.5, 0.6) is 0 Å². The molecule has 33 heavy (non-hydrogen) atoms. The Morgan fingerprint density at radius 1 is 1.27 bits per heavy atom. The van der Waals surface area contributed by atoms with E-state index in [9.17, 15) is 26.7 Å². The minimum Gasteiger partial charge on any atom is -0.392 e. The number of allylic oxidation sites excluding steroid dienone is 1. The van der Waals surface area contributed by atoms with Crippen molar-refractivity contribution in [3.05, 3.63) is 41.2 Å². The molecule has 0 spiro atoms. The first-order chi connectivity index (χ1) is 15.4. The molecule has 0 atom stereocenters. The van der Waals surface area contributed by atoms with Crippen LogP contribution in [0.1, 0.15) is 26.0 Å². The van der Waals surface area contributed by atoms with E-state index in [4.69, 9.17) is 0 Å². The van der Waals surface area contributed by atoms with Gasteiger partial charge in [0.1, 0.15) is 0 Å². The van der Waals surface area contributed by atoms with Gasteiger partial charge in [-0.05, 0) is 37.4 Å². The van der Waals surface area contributed by atoms with Crippen molar-refractivity contribution in [3.8, 4) is 0 Å². The summed E-state index contributed by atoms with van der Waals surface area (Å²) in [6.45, 7) is 7.18. The monoisotopic (exact) mass is 488 g/mol. The molecular weight excluding hydrogens is 457 g/mol. The maximum Gasteiger partial charge on any atom is 0.433 e. The molecule has 0 fully saturated rings. The van der Waals surface area contributed by atoms with Gasteiger partial charge in [-0.3, -0.25) is 9.98 Å². The Hall–Kier alpha value is -2.50. The maximum absolute atomic E-state index is 12.9. The second-order valence-electron chi connectivity index (χ2n) is 7.24. The third-order valence-electron chi connectivity index (χ3n) is 4.35. The van der Waals surface area contributed by atoms with E-state index in [0.717, 1.165) is 23.6 Å². The molecule has 0 aliphatic carbocycles. The van der Waals surface area contributed by atoms with Crippen molar-refractivity contribution in [2.24, 2.45) is 9.98 Å². The van der Waals surface area contributed by atoms with E-state index in [1.807, 2.05) is 10.6 Å². The highest BCUT2D eigenvalue weighted by Crippen LogP contribution is 2.28. The summed E-state index contributed by atoms with van der Waals surface area (Å²) < 4.78 is 64.4. The predicted molar refractivity (Wildman–Crippen MR) is 127 cm³/mol. The molecule has 0 radical (unpaired) electrons. The normalized spacial score (nSPS) is 13.1. The summed E-state index contributed by atoms with van der Waals surface area (Å²) in [6.07, 6.45) is -1.44. The summed E-state index contributed by atoms with van der Waals surface area (Å²) in [5.41, 5.74) is -0.214. The summed E-state index contributed by atoms with van der Waals surface area (Å²) in [4.78, 5) is 7.12. The van der Waals surface area contributed by atoms with Gasteiger partial charge in [0.15, 0.2) is 15.5 Å². The molecule has 7 nitrogen and oxygen atoms in total. The zero-order valence-corrected chi connectivity index (χ0v) is 20.1. The van der Waals surface area contributed by atoms with Crippen molar-refractivity contribution in [1.29, 1.82) is 0 Å². The Bertz CT molecular complexity index is 1100.